The quantitative estimate of drug-likeness (QED) is 0.698. The van der Waals surface area contributed by atoms with Gasteiger partial charge in [-0.1, -0.05) is 6.92 Å². The van der Waals surface area contributed by atoms with Gasteiger partial charge < -0.3 is 10.0 Å². The van der Waals surface area contributed by atoms with Gasteiger partial charge in [0.15, 0.2) is 0 Å². The summed E-state index contributed by atoms with van der Waals surface area (Å²) in [6.07, 6.45) is 3.27. The summed E-state index contributed by atoms with van der Waals surface area (Å²) in [5.41, 5.74) is -0.0245. The zero-order valence-corrected chi connectivity index (χ0v) is 10.9. The molecule has 1 aliphatic heterocycles. The predicted molar refractivity (Wildman–Crippen MR) is 63.7 cm³/mol. The number of hydrogen-bond donors (Lipinski definition) is 2. The Bertz CT molecular complexity index is 318. The van der Waals surface area contributed by atoms with Gasteiger partial charge >= 0.3 is 0 Å². The van der Waals surface area contributed by atoms with Gasteiger partial charge in [0.1, 0.15) is 0 Å². The van der Waals surface area contributed by atoms with Gasteiger partial charge in [-0.2, -0.15) is 0 Å². The molecule has 0 radical (unpaired) electrons. The minimum atomic E-state index is -3.09. The molecule has 1 unspecified atom stereocenters. The third-order valence-corrected chi connectivity index (χ3v) is 3.76. The van der Waals surface area contributed by atoms with Crippen molar-refractivity contribution in [2.45, 2.75) is 19.8 Å². The molecule has 0 bridgehead atoms. The number of likely N-dealkylation sites (tertiary alicyclic amines) is 1. The molecule has 16 heavy (non-hydrogen) atoms. The van der Waals surface area contributed by atoms with Crippen LogP contribution in [0.4, 0.5) is 0 Å². The van der Waals surface area contributed by atoms with Gasteiger partial charge in [0.05, 0.1) is 6.26 Å². The van der Waals surface area contributed by atoms with Crippen LogP contribution in [0.3, 0.4) is 0 Å². The van der Waals surface area contributed by atoms with Crippen molar-refractivity contribution >= 4 is 10.0 Å². The smallest absolute Gasteiger partial charge is 0.208 e. The Kier molecular flexibility index (Phi) is 4.73. The Morgan fingerprint density at radius 1 is 1.50 bits per heavy atom. The molecule has 1 heterocycles. The van der Waals surface area contributed by atoms with E-state index >= 15 is 0 Å². The highest BCUT2D eigenvalue weighted by atomic mass is 32.2. The third-order valence-electron chi connectivity index (χ3n) is 3.03. The average Bonchev–Trinajstić information content (AvgIpc) is 2.16. The van der Waals surface area contributed by atoms with Crippen molar-refractivity contribution in [3.8, 4) is 0 Å². The highest BCUT2D eigenvalue weighted by molar-refractivity contribution is 7.88. The molecular weight excluding hydrogens is 228 g/mol. The van der Waals surface area contributed by atoms with E-state index in [1.165, 1.54) is 6.26 Å². The number of nitrogens with one attached hydrogen (secondary N) is 1. The van der Waals surface area contributed by atoms with Crippen LogP contribution in [-0.2, 0) is 10.0 Å². The summed E-state index contributed by atoms with van der Waals surface area (Å²) in [5, 5.41) is 9.28. The number of aliphatic hydroxyl groups is 1. The summed E-state index contributed by atoms with van der Waals surface area (Å²) in [6.45, 7) is 5.26. The molecule has 0 saturated carbocycles. The first-order valence-corrected chi connectivity index (χ1v) is 7.52. The van der Waals surface area contributed by atoms with Crippen LogP contribution in [0.2, 0.25) is 0 Å². The Morgan fingerprint density at radius 2 is 2.19 bits per heavy atom. The lowest BCUT2D eigenvalue weighted by molar-refractivity contribution is 0.0478. The first kappa shape index (κ1) is 13.9. The van der Waals surface area contributed by atoms with Crippen LogP contribution in [0.1, 0.15) is 19.8 Å². The standard InChI is InChI=1S/C10H22N2O3S/c1-10(9-13)4-3-6-12(8-10)7-5-11-16(2,14)15/h11,13H,3-9H2,1-2H3. The highest BCUT2D eigenvalue weighted by Gasteiger charge is 2.29. The summed E-state index contributed by atoms with van der Waals surface area (Å²) in [5.74, 6) is 0. The second-order valence-electron chi connectivity index (χ2n) is 5.01. The van der Waals surface area contributed by atoms with E-state index in [-0.39, 0.29) is 12.0 Å². The van der Waals surface area contributed by atoms with Crippen molar-refractivity contribution in [1.29, 1.82) is 0 Å². The van der Waals surface area contributed by atoms with Gasteiger partial charge in [-0.3, -0.25) is 0 Å². The summed E-state index contributed by atoms with van der Waals surface area (Å²) < 4.78 is 24.3. The molecule has 0 aromatic rings. The van der Waals surface area contributed by atoms with E-state index in [2.05, 4.69) is 16.5 Å². The fourth-order valence-corrected chi connectivity index (χ4v) is 2.60. The Morgan fingerprint density at radius 3 is 2.75 bits per heavy atom. The van der Waals surface area contributed by atoms with Crippen molar-refractivity contribution in [2.24, 2.45) is 5.41 Å². The zero-order valence-electron chi connectivity index (χ0n) is 10.1. The average molecular weight is 250 g/mol. The van der Waals surface area contributed by atoms with E-state index in [4.69, 9.17) is 0 Å². The van der Waals surface area contributed by atoms with E-state index in [0.29, 0.717) is 13.1 Å². The molecule has 1 saturated heterocycles. The monoisotopic (exact) mass is 250 g/mol. The van der Waals surface area contributed by atoms with Crippen LogP contribution in [0, 0.1) is 5.41 Å². The Balaban J connectivity index is 2.33. The van der Waals surface area contributed by atoms with Crippen LogP contribution in [0.25, 0.3) is 0 Å². The summed E-state index contributed by atoms with van der Waals surface area (Å²) in [6, 6.07) is 0. The number of aliphatic hydroxyl groups excluding tert-OH is 1. The molecule has 1 atom stereocenters. The molecule has 0 spiro atoms. The van der Waals surface area contributed by atoms with Crippen molar-refractivity contribution in [1.82, 2.24) is 9.62 Å². The molecule has 0 amide bonds. The minimum absolute atomic E-state index is 0.0245. The van der Waals surface area contributed by atoms with Gasteiger partial charge in [0.25, 0.3) is 0 Å². The van der Waals surface area contributed by atoms with E-state index in [1.807, 2.05) is 0 Å². The number of piperidine rings is 1. The number of rotatable bonds is 5. The van der Waals surface area contributed by atoms with E-state index in [9.17, 15) is 13.5 Å². The maximum Gasteiger partial charge on any atom is 0.208 e. The molecule has 1 fully saturated rings. The van der Waals surface area contributed by atoms with Crippen LogP contribution in [0.15, 0.2) is 0 Å². The van der Waals surface area contributed by atoms with Gasteiger partial charge in [-0.05, 0) is 19.4 Å². The van der Waals surface area contributed by atoms with Crippen LogP contribution < -0.4 is 4.72 Å². The predicted octanol–water partition coefficient (Wildman–Crippen LogP) is -0.370. The SMILES string of the molecule is CC1(CO)CCCN(CCNS(C)(=O)=O)C1. The number of nitrogens with zero attached hydrogens (tertiary/aromatic N) is 1. The van der Waals surface area contributed by atoms with Gasteiger partial charge in [0.2, 0.25) is 10.0 Å². The zero-order chi connectivity index (χ0) is 12.2. The second-order valence-corrected chi connectivity index (χ2v) is 6.85. The molecule has 96 valence electrons. The first-order chi connectivity index (χ1) is 7.35. The third kappa shape index (κ3) is 4.78. The number of sulfonamides is 1. The number of hydrogen-bond acceptors (Lipinski definition) is 4. The highest BCUT2D eigenvalue weighted by Crippen LogP contribution is 2.28. The maximum atomic E-state index is 10.9. The van der Waals surface area contributed by atoms with Crippen molar-refractivity contribution < 1.29 is 13.5 Å². The van der Waals surface area contributed by atoms with Crippen molar-refractivity contribution in [2.75, 3.05) is 39.0 Å². The fraction of sp³-hybridized carbons (Fsp3) is 1.00. The normalized spacial score (nSPS) is 28.2. The van der Waals surface area contributed by atoms with E-state index in [0.717, 1.165) is 25.9 Å². The molecule has 6 heteroatoms. The molecular formula is C10H22N2O3S. The lowest BCUT2D eigenvalue weighted by atomic mass is 9.83. The first-order valence-electron chi connectivity index (χ1n) is 5.62. The Labute approximate surface area is 97.9 Å². The van der Waals surface area contributed by atoms with Crippen molar-refractivity contribution in [3.63, 3.8) is 0 Å². The minimum Gasteiger partial charge on any atom is -0.396 e. The Hall–Kier alpha value is -0.170. The van der Waals surface area contributed by atoms with E-state index in [1.54, 1.807) is 0 Å². The van der Waals surface area contributed by atoms with Crippen LogP contribution in [-0.4, -0.2) is 57.5 Å². The summed E-state index contributed by atoms with van der Waals surface area (Å²) >= 11 is 0. The topological polar surface area (TPSA) is 69.6 Å². The molecule has 0 aliphatic carbocycles. The van der Waals surface area contributed by atoms with Gasteiger partial charge in [0, 0.05) is 31.7 Å². The van der Waals surface area contributed by atoms with Crippen molar-refractivity contribution in [3.05, 3.63) is 0 Å². The molecule has 0 aromatic carbocycles. The summed E-state index contributed by atoms with van der Waals surface area (Å²) in [4.78, 5) is 2.21. The van der Waals surface area contributed by atoms with E-state index < -0.39 is 10.0 Å². The fourth-order valence-electron chi connectivity index (χ4n) is 2.14. The molecule has 5 nitrogen and oxygen atoms in total. The lowest BCUT2D eigenvalue weighted by Gasteiger charge is -2.39. The van der Waals surface area contributed by atoms with Gasteiger partial charge in [-0.25, -0.2) is 13.1 Å². The maximum absolute atomic E-state index is 10.9. The molecule has 1 aliphatic rings. The second kappa shape index (κ2) is 5.44. The van der Waals surface area contributed by atoms with Crippen LogP contribution >= 0.6 is 0 Å². The molecule has 1 rings (SSSR count). The molecule has 0 aromatic heterocycles. The van der Waals surface area contributed by atoms with Crippen LogP contribution in [0.5, 0.6) is 0 Å². The lowest BCUT2D eigenvalue weighted by Crippen LogP contribution is -2.46. The van der Waals surface area contributed by atoms with Gasteiger partial charge in [-0.15, -0.1) is 0 Å². The molecule has 2 N–H and O–H groups in total. The largest absolute Gasteiger partial charge is 0.396 e. The summed E-state index contributed by atoms with van der Waals surface area (Å²) in [7, 11) is -3.09.